The standard InChI is InChI=1S/C16H18F5N3/c1-3-4-11-13(24-8-10(22)7-15(17,18)9-24)6-5-12(14(11)23-2)16(19,20)21/h3-6,10H,2,7-9,22H2,1H3/b4-3-. The fraction of sp³-hybridized carbons (Fsp3) is 0.438. The molecular weight excluding hydrogens is 329 g/mol. The van der Waals surface area contributed by atoms with E-state index in [4.69, 9.17) is 5.73 Å². The second-order valence-corrected chi connectivity index (χ2v) is 5.75. The van der Waals surface area contributed by atoms with Crippen molar-refractivity contribution < 1.29 is 22.0 Å². The number of anilines is 1. The molecule has 1 aromatic rings. The SMILES string of the molecule is C=Nc1c(C(F)(F)F)ccc(N2CC(N)CC(F)(F)C2)c1/C=C\C. The van der Waals surface area contributed by atoms with Gasteiger partial charge in [-0.05, 0) is 25.8 Å². The van der Waals surface area contributed by atoms with Crippen molar-refractivity contribution >= 4 is 24.2 Å². The van der Waals surface area contributed by atoms with Crippen LogP contribution in [0.5, 0.6) is 0 Å². The van der Waals surface area contributed by atoms with Gasteiger partial charge in [-0.1, -0.05) is 12.2 Å². The van der Waals surface area contributed by atoms with Crippen molar-refractivity contribution in [1.82, 2.24) is 0 Å². The van der Waals surface area contributed by atoms with Gasteiger partial charge in [0.25, 0.3) is 5.92 Å². The minimum absolute atomic E-state index is 0.104. The Morgan fingerprint density at radius 1 is 1.38 bits per heavy atom. The lowest BCUT2D eigenvalue weighted by atomic mass is 9.98. The third-order valence-electron chi connectivity index (χ3n) is 3.77. The lowest BCUT2D eigenvalue weighted by Crippen LogP contribution is -2.52. The molecule has 1 saturated heterocycles. The molecule has 24 heavy (non-hydrogen) atoms. The van der Waals surface area contributed by atoms with Gasteiger partial charge in [0, 0.05) is 30.3 Å². The first-order valence-electron chi connectivity index (χ1n) is 7.31. The van der Waals surface area contributed by atoms with Gasteiger partial charge in [-0.2, -0.15) is 13.2 Å². The zero-order valence-electron chi connectivity index (χ0n) is 13.1. The first-order chi connectivity index (χ1) is 11.1. The van der Waals surface area contributed by atoms with Crippen LogP contribution in [0.1, 0.15) is 24.5 Å². The molecule has 1 atom stereocenters. The molecule has 0 saturated carbocycles. The molecule has 3 nitrogen and oxygen atoms in total. The monoisotopic (exact) mass is 347 g/mol. The Bertz CT molecular complexity index is 652. The quantitative estimate of drug-likeness (QED) is 0.656. The Labute approximate surface area is 136 Å². The van der Waals surface area contributed by atoms with Gasteiger partial charge in [0.2, 0.25) is 0 Å². The van der Waals surface area contributed by atoms with Gasteiger partial charge in [0.05, 0.1) is 17.8 Å². The van der Waals surface area contributed by atoms with Gasteiger partial charge in [0.15, 0.2) is 0 Å². The van der Waals surface area contributed by atoms with E-state index in [-0.39, 0.29) is 23.5 Å². The molecule has 0 spiro atoms. The molecule has 132 valence electrons. The maximum absolute atomic E-state index is 13.8. The molecule has 1 heterocycles. The van der Waals surface area contributed by atoms with Crippen LogP contribution in [0, 0.1) is 0 Å². The summed E-state index contributed by atoms with van der Waals surface area (Å²) in [7, 11) is 0. The van der Waals surface area contributed by atoms with Crippen molar-refractivity contribution in [1.29, 1.82) is 0 Å². The molecule has 1 aliphatic heterocycles. The third-order valence-corrected chi connectivity index (χ3v) is 3.77. The maximum atomic E-state index is 13.8. The number of halogens is 5. The van der Waals surface area contributed by atoms with Crippen molar-refractivity contribution in [3.63, 3.8) is 0 Å². The van der Waals surface area contributed by atoms with E-state index >= 15 is 0 Å². The average molecular weight is 347 g/mol. The Morgan fingerprint density at radius 3 is 2.54 bits per heavy atom. The van der Waals surface area contributed by atoms with E-state index < -0.39 is 36.7 Å². The highest BCUT2D eigenvalue weighted by Crippen LogP contribution is 2.43. The van der Waals surface area contributed by atoms with Crippen LogP contribution in [-0.4, -0.2) is 31.8 Å². The summed E-state index contributed by atoms with van der Waals surface area (Å²) in [6.45, 7) is 4.34. The van der Waals surface area contributed by atoms with E-state index in [9.17, 15) is 22.0 Å². The minimum Gasteiger partial charge on any atom is -0.363 e. The van der Waals surface area contributed by atoms with Crippen LogP contribution < -0.4 is 10.6 Å². The first-order valence-corrected chi connectivity index (χ1v) is 7.31. The van der Waals surface area contributed by atoms with Gasteiger partial charge in [-0.25, -0.2) is 8.78 Å². The normalized spacial score (nSPS) is 21.3. The summed E-state index contributed by atoms with van der Waals surface area (Å²) in [6.07, 6.45) is -2.13. The van der Waals surface area contributed by atoms with Crippen LogP contribution in [0.3, 0.4) is 0 Å². The van der Waals surface area contributed by atoms with Gasteiger partial charge in [-0.3, -0.25) is 4.99 Å². The molecule has 2 N–H and O–H groups in total. The number of benzene rings is 1. The Morgan fingerprint density at radius 2 is 2.04 bits per heavy atom. The van der Waals surface area contributed by atoms with Crippen molar-refractivity contribution in [2.24, 2.45) is 10.7 Å². The summed E-state index contributed by atoms with van der Waals surface area (Å²) in [5.74, 6) is -3.00. The molecule has 0 bridgehead atoms. The summed E-state index contributed by atoms with van der Waals surface area (Å²) >= 11 is 0. The third kappa shape index (κ3) is 3.75. The summed E-state index contributed by atoms with van der Waals surface area (Å²) < 4.78 is 67.1. The van der Waals surface area contributed by atoms with Crippen LogP contribution in [0.25, 0.3) is 6.08 Å². The molecular formula is C16H18F5N3. The number of alkyl halides is 5. The Balaban J connectivity index is 2.60. The molecule has 1 aliphatic rings. The highest BCUT2D eigenvalue weighted by Gasteiger charge is 2.41. The smallest absolute Gasteiger partial charge is 0.363 e. The molecule has 0 aromatic heterocycles. The molecule has 1 unspecified atom stereocenters. The van der Waals surface area contributed by atoms with Crippen LogP contribution in [0.2, 0.25) is 0 Å². The van der Waals surface area contributed by atoms with Crippen LogP contribution in [-0.2, 0) is 6.18 Å². The zero-order chi connectivity index (χ0) is 18.1. The van der Waals surface area contributed by atoms with Crippen LogP contribution in [0.15, 0.2) is 23.2 Å². The van der Waals surface area contributed by atoms with Gasteiger partial charge >= 0.3 is 6.18 Å². The zero-order valence-corrected chi connectivity index (χ0v) is 13.1. The summed E-state index contributed by atoms with van der Waals surface area (Å²) in [6, 6.07) is 1.25. The number of hydrogen-bond donors (Lipinski definition) is 1. The fourth-order valence-electron chi connectivity index (χ4n) is 2.93. The Kier molecular flexibility index (Phi) is 4.98. The fourth-order valence-corrected chi connectivity index (χ4v) is 2.93. The molecule has 2 rings (SSSR count). The van der Waals surface area contributed by atoms with E-state index in [1.165, 1.54) is 23.1 Å². The van der Waals surface area contributed by atoms with Gasteiger partial charge in [0.1, 0.15) is 0 Å². The number of nitrogens with two attached hydrogens (primary N) is 1. The number of nitrogens with zero attached hydrogens (tertiary/aromatic N) is 2. The van der Waals surface area contributed by atoms with Crippen LogP contribution >= 0.6 is 0 Å². The van der Waals surface area contributed by atoms with Crippen molar-refractivity contribution in [2.45, 2.75) is 31.5 Å². The average Bonchev–Trinajstić information content (AvgIpc) is 2.43. The van der Waals surface area contributed by atoms with E-state index in [1.807, 2.05) is 0 Å². The summed E-state index contributed by atoms with van der Waals surface area (Å²) in [5, 5.41) is 0. The molecule has 1 fully saturated rings. The molecule has 1 aromatic carbocycles. The number of aliphatic imine (C=N–C) groups is 1. The molecule has 0 amide bonds. The first kappa shape index (κ1) is 18.4. The lowest BCUT2D eigenvalue weighted by molar-refractivity contribution is -0.137. The number of piperidine rings is 1. The van der Waals surface area contributed by atoms with E-state index in [0.29, 0.717) is 0 Å². The molecule has 8 heteroatoms. The lowest BCUT2D eigenvalue weighted by Gasteiger charge is -2.38. The Hall–Kier alpha value is -1.96. The predicted molar refractivity (Wildman–Crippen MR) is 85.1 cm³/mol. The van der Waals surface area contributed by atoms with Crippen LogP contribution in [0.4, 0.5) is 33.3 Å². The van der Waals surface area contributed by atoms with Crippen molar-refractivity contribution in [2.75, 3.05) is 18.0 Å². The molecule has 0 radical (unpaired) electrons. The van der Waals surface area contributed by atoms with E-state index in [0.717, 1.165) is 6.07 Å². The largest absolute Gasteiger partial charge is 0.418 e. The van der Waals surface area contributed by atoms with E-state index in [2.05, 4.69) is 11.7 Å². The van der Waals surface area contributed by atoms with E-state index in [1.54, 1.807) is 6.92 Å². The number of allylic oxidation sites excluding steroid dienone is 1. The second-order valence-electron chi connectivity index (χ2n) is 5.75. The molecule has 0 aliphatic carbocycles. The second kappa shape index (κ2) is 6.51. The predicted octanol–water partition coefficient (Wildman–Crippen LogP) is 4.24. The number of hydrogen-bond acceptors (Lipinski definition) is 3. The number of rotatable bonds is 3. The summed E-state index contributed by atoms with van der Waals surface area (Å²) in [5.41, 5.74) is 4.68. The topological polar surface area (TPSA) is 41.6 Å². The maximum Gasteiger partial charge on any atom is 0.418 e. The highest BCUT2D eigenvalue weighted by atomic mass is 19.4. The summed E-state index contributed by atoms with van der Waals surface area (Å²) in [4.78, 5) is 4.80. The van der Waals surface area contributed by atoms with Crippen molar-refractivity contribution in [3.05, 3.63) is 29.3 Å². The minimum atomic E-state index is -4.62. The van der Waals surface area contributed by atoms with Crippen molar-refractivity contribution in [3.8, 4) is 0 Å². The van der Waals surface area contributed by atoms with Gasteiger partial charge in [-0.15, -0.1) is 0 Å². The highest BCUT2D eigenvalue weighted by molar-refractivity contribution is 5.80. The van der Waals surface area contributed by atoms with Gasteiger partial charge < -0.3 is 10.6 Å².